The summed E-state index contributed by atoms with van der Waals surface area (Å²) in [5.74, 6) is 0.471. The van der Waals surface area contributed by atoms with Crippen LogP contribution in [0.3, 0.4) is 0 Å². The summed E-state index contributed by atoms with van der Waals surface area (Å²) in [6.07, 6.45) is 2.37. The molecule has 0 radical (unpaired) electrons. The van der Waals surface area contributed by atoms with E-state index >= 15 is 0 Å². The van der Waals surface area contributed by atoms with Crippen LogP contribution in [0.2, 0.25) is 0 Å². The summed E-state index contributed by atoms with van der Waals surface area (Å²) in [6, 6.07) is 10.8. The van der Waals surface area contributed by atoms with E-state index in [2.05, 4.69) is 19.6 Å². The quantitative estimate of drug-likeness (QED) is 0.525. The lowest BCUT2D eigenvalue weighted by molar-refractivity contribution is 0.164. The summed E-state index contributed by atoms with van der Waals surface area (Å²) in [5.41, 5.74) is 2.61. The summed E-state index contributed by atoms with van der Waals surface area (Å²) >= 11 is 1.64. The maximum absolute atomic E-state index is 12.6. The van der Waals surface area contributed by atoms with E-state index < -0.39 is 15.8 Å². The first-order chi connectivity index (χ1) is 14.4. The van der Waals surface area contributed by atoms with Crippen LogP contribution in [0.15, 0.2) is 57.2 Å². The van der Waals surface area contributed by atoms with Crippen LogP contribution in [-0.4, -0.2) is 33.1 Å². The number of ether oxygens (including phenoxy) is 1. The maximum Gasteiger partial charge on any atom is 0.442 e. The molecule has 3 aromatic rings. The van der Waals surface area contributed by atoms with Crippen molar-refractivity contribution in [3.05, 3.63) is 53.7 Å². The van der Waals surface area contributed by atoms with Crippen molar-refractivity contribution in [2.75, 3.05) is 18.2 Å². The average molecular weight is 447 g/mol. The van der Waals surface area contributed by atoms with Gasteiger partial charge in [-0.25, -0.2) is 19.0 Å². The smallest absolute Gasteiger partial charge is 0.442 e. The first-order valence-electron chi connectivity index (χ1n) is 9.52. The maximum atomic E-state index is 12.6. The minimum atomic E-state index is -2.87. The predicted octanol–water partition coefficient (Wildman–Crippen LogP) is 5.90. The molecule has 0 fully saturated rings. The zero-order chi connectivity index (χ0) is 22.1. The number of hydrogen-bond donors (Lipinski definition) is 1. The molecule has 0 spiro atoms. The number of hydrogen-bond acceptors (Lipinski definition) is 7. The zero-order valence-corrected chi connectivity index (χ0v) is 19.3. The number of thiophene rings is 1. The summed E-state index contributed by atoms with van der Waals surface area (Å²) in [7, 11) is -2.87. The number of aromatic nitrogens is 2. The molecule has 0 aliphatic carbocycles. The third-order valence-electron chi connectivity index (χ3n) is 3.83. The summed E-state index contributed by atoms with van der Waals surface area (Å²) in [5, 5.41) is 5.14. The Morgan fingerprint density at radius 1 is 1.23 bits per heavy atom. The molecule has 1 atom stereocenters. The molecule has 1 amide bonds. The Balaban J connectivity index is 0.00000155. The van der Waals surface area contributed by atoms with E-state index in [1.807, 2.05) is 38.3 Å². The number of carbonyl (C=O) groups excluding carboxylic acids is 1. The fourth-order valence-corrected chi connectivity index (χ4v) is 4.34. The third kappa shape index (κ3) is 6.11. The van der Waals surface area contributed by atoms with Gasteiger partial charge in [0.2, 0.25) is 5.95 Å². The topological polar surface area (TPSA) is 93.5 Å². The van der Waals surface area contributed by atoms with E-state index in [0.29, 0.717) is 10.8 Å². The second-order valence-corrected chi connectivity index (χ2v) is 9.12. The number of aryl methyl sites for hydroxylation is 1. The van der Waals surface area contributed by atoms with Crippen molar-refractivity contribution in [1.82, 2.24) is 9.97 Å². The van der Waals surface area contributed by atoms with E-state index in [1.54, 1.807) is 48.7 Å². The highest BCUT2D eigenvalue weighted by atomic mass is 32.2. The lowest BCUT2D eigenvalue weighted by Gasteiger charge is -2.09. The molecular formula is C21H26N4O3S2. The molecule has 1 N–H and O–H groups in total. The highest BCUT2D eigenvalue weighted by Gasteiger charge is 2.11. The molecule has 0 aliphatic rings. The van der Waals surface area contributed by atoms with Crippen LogP contribution < -0.4 is 5.32 Å². The summed E-state index contributed by atoms with van der Waals surface area (Å²) < 4.78 is 21.0. The van der Waals surface area contributed by atoms with Gasteiger partial charge in [0.05, 0.1) is 22.0 Å². The number of benzene rings is 1. The number of amides is 1. The molecule has 0 bridgehead atoms. The summed E-state index contributed by atoms with van der Waals surface area (Å²) in [6.45, 7) is 7.79. The van der Waals surface area contributed by atoms with Crippen LogP contribution in [0.1, 0.15) is 26.5 Å². The van der Waals surface area contributed by atoms with Crippen molar-refractivity contribution in [3.63, 3.8) is 0 Å². The van der Waals surface area contributed by atoms with Crippen molar-refractivity contribution >= 4 is 38.8 Å². The van der Waals surface area contributed by atoms with Crippen molar-refractivity contribution in [2.24, 2.45) is 4.36 Å². The van der Waals surface area contributed by atoms with Crippen LogP contribution >= 0.6 is 11.3 Å². The van der Waals surface area contributed by atoms with Gasteiger partial charge in [-0.2, -0.15) is 0 Å². The van der Waals surface area contributed by atoms with Crippen molar-refractivity contribution < 1.29 is 13.7 Å². The van der Waals surface area contributed by atoms with Crippen LogP contribution in [0, 0.1) is 6.92 Å². The van der Waals surface area contributed by atoms with Gasteiger partial charge in [-0.05, 0) is 49.6 Å². The largest absolute Gasteiger partial charge is 0.448 e. The lowest BCUT2D eigenvalue weighted by Crippen LogP contribution is -2.05. The standard InChI is InChI=1S/C19H20N4O3S2.C2H6/c1-4-26-19(24)23-28(3,25)15-9-7-14(8-10-15)22-18-20-12-16(13(2)21-18)17-6-5-11-27-17;1-2/h5-12H,4H2,1-3H3,(H,20,21,22);1-2H3. The molecule has 160 valence electrons. The zero-order valence-electron chi connectivity index (χ0n) is 17.7. The Kier molecular flexibility index (Phi) is 8.49. The van der Waals surface area contributed by atoms with Gasteiger partial charge < -0.3 is 10.1 Å². The molecule has 3 rings (SSSR count). The fourth-order valence-electron chi connectivity index (χ4n) is 2.47. The molecule has 9 heteroatoms. The number of rotatable bonds is 5. The molecule has 7 nitrogen and oxygen atoms in total. The highest BCUT2D eigenvalue weighted by Crippen LogP contribution is 2.27. The van der Waals surface area contributed by atoms with Crippen LogP contribution in [-0.2, 0) is 14.5 Å². The van der Waals surface area contributed by atoms with Crippen LogP contribution in [0.5, 0.6) is 0 Å². The highest BCUT2D eigenvalue weighted by molar-refractivity contribution is 7.93. The molecule has 30 heavy (non-hydrogen) atoms. The Morgan fingerprint density at radius 2 is 1.93 bits per heavy atom. The van der Waals surface area contributed by atoms with Crippen molar-refractivity contribution in [1.29, 1.82) is 0 Å². The molecule has 2 heterocycles. The number of nitrogens with one attached hydrogen (secondary N) is 1. The molecule has 2 aromatic heterocycles. The van der Waals surface area contributed by atoms with Gasteiger partial charge in [0.1, 0.15) is 0 Å². The van der Waals surface area contributed by atoms with E-state index in [1.165, 1.54) is 6.26 Å². The second-order valence-electron chi connectivity index (χ2n) is 5.91. The fraction of sp³-hybridized carbons (Fsp3) is 0.286. The normalized spacial score (nSPS) is 12.2. The monoisotopic (exact) mass is 446 g/mol. The second kappa shape index (κ2) is 10.8. The Bertz CT molecular complexity index is 1090. The van der Waals surface area contributed by atoms with E-state index in [0.717, 1.165) is 21.8 Å². The van der Waals surface area contributed by atoms with Gasteiger partial charge in [-0.1, -0.05) is 19.9 Å². The van der Waals surface area contributed by atoms with Crippen LogP contribution in [0.4, 0.5) is 16.4 Å². The first-order valence-corrected chi connectivity index (χ1v) is 12.3. The SMILES string of the molecule is CC.CCOC(=O)N=S(C)(=O)c1ccc(Nc2ncc(-c3cccs3)c(C)n2)cc1. The molecular weight excluding hydrogens is 420 g/mol. The number of nitrogens with zero attached hydrogens (tertiary/aromatic N) is 3. The molecule has 0 saturated heterocycles. The van der Waals surface area contributed by atoms with Gasteiger partial charge in [-0.3, -0.25) is 0 Å². The van der Waals surface area contributed by atoms with Gasteiger partial charge >= 0.3 is 6.09 Å². The average Bonchev–Trinajstić information content (AvgIpc) is 3.24. The molecule has 1 aromatic carbocycles. The van der Waals surface area contributed by atoms with Gasteiger partial charge in [-0.15, -0.1) is 15.7 Å². The first kappa shape index (κ1) is 23.5. The number of carbonyl (C=O) groups is 1. The van der Waals surface area contributed by atoms with Gasteiger partial charge in [0.25, 0.3) is 0 Å². The Labute approximate surface area is 181 Å². The van der Waals surface area contributed by atoms with Crippen LogP contribution in [0.25, 0.3) is 10.4 Å². The minimum Gasteiger partial charge on any atom is -0.448 e. The van der Waals surface area contributed by atoms with E-state index in [-0.39, 0.29) is 6.61 Å². The molecule has 0 aliphatic heterocycles. The van der Waals surface area contributed by atoms with E-state index in [4.69, 9.17) is 4.74 Å². The van der Waals surface area contributed by atoms with Gasteiger partial charge in [0.15, 0.2) is 0 Å². The molecule has 1 unspecified atom stereocenters. The lowest BCUT2D eigenvalue weighted by atomic mass is 10.2. The molecule has 0 saturated carbocycles. The summed E-state index contributed by atoms with van der Waals surface area (Å²) in [4.78, 5) is 21.9. The van der Waals surface area contributed by atoms with Crippen molar-refractivity contribution in [2.45, 2.75) is 32.6 Å². The van der Waals surface area contributed by atoms with Gasteiger partial charge in [0, 0.05) is 33.5 Å². The third-order valence-corrected chi connectivity index (χ3v) is 6.38. The number of anilines is 2. The van der Waals surface area contributed by atoms with Crippen molar-refractivity contribution in [3.8, 4) is 10.4 Å². The predicted molar refractivity (Wildman–Crippen MR) is 123 cm³/mol. The van der Waals surface area contributed by atoms with E-state index in [9.17, 15) is 9.00 Å². The Morgan fingerprint density at radius 3 is 2.50 bits per heavy atom. The Hall–Kier alpha value is -2.78. The minimum absolute atomic E-state index is 0.186.